The maximum Gasteiger partial charge on any atom is 0.251 e. The lowest BCUT2D eigenvalue weighted by Gasteiger charge is -2.21. The minimum Gasteiger partial charge on any atom is -0.399 e. The lowest BCUT2D eigenvalue weighted by Crippen LogP contribution is -2.32. The number of nitrogens with one attached hydrogen (secondary N) is 1. The molecule has 1 atom stereocenters. The van der Waals surface area contributed by atoms with Crippen LogP contribution in [0.4, 0.5) is 5.69 Å². The van der Waals surface area contributed by atoms with Crippen molar-refractivity contribution in [3.8, 4) is 0 Å². The average molecular weight is 376 g/mol. The van der Waals surface area contributed by atoms with Gasteiger partial charge in [-0.3, -0.25) is 4.79 Å². The minimum atomic E-state index is -0.0219. The Balaban J connectivity index is 1.90. The van der Waals surface area contributed by atoms with Gasteiger partial charge in [0.25, 0.3) is 5.91 Å². The minimum absolute atomic E-state index is 0.0219. The van der Waals surface area contributed by atoms with Crippen LogP contribution in [0, 0.1) is 3.57 Å². The van der Waals surface area contributed by atoms with Crippen molar-refractivity contribution in [1.82, 2.24) is 5.32 Å². The summed E-state index contributed by atoms with van der Waals surface area (Å²) < 4.78 is 0.991. The van der Waals surface area contributed by atoms with Gasteiger partial charge in [-0.1, -0.05) is 6.42 Å². The number of thioether (sulfide) groups is 1. The third-order valence-electron chi connectivity index (χ3n) is 2.95. The molecule has 18 heavy (non-hydrogen) atoms. The predicted octanol–water partition coefficient (Wildman–Crippen LogP) is 2.89. The summed E-state index contributed by atoms with van der Waals surface area (Å²) in [6.07, 6.45) is 3.80. The van der Waals surface area contributed by atoms with Crippen LogP contribution >= 0.6 is 34.4 Å². The Labute approximate surface area is 125 Å². The molecular weight excluding hydrogens is 359 g/mol. The highest BCUT2D eigenvalue weighted by atomic mass is 127. The number of nitrogens with two attached hydrogens (primary N) is 1. The van der Waals surface area contributed by atoms with E-state index in [1.165, 1.54) is 25.0 Å². The molecule has 0 aromatic heterocycles. The fourth-order valence-electron chi connectivity index (χ4n) is 2.02. The number of nitrogen functional groups attached to an aromatic ring is 1. The first-order chi connectivity index (χ1) is 8.65. The average Bonchev–Trinajstić information content (AvgIpc) is 2.36. The maximum atomic E-state index is 12.0. The smallest absolute Gasteiger partial charge is 0.251 e. The van der Waals surface area contributed by atoms with E-state index in [-0.39, 0.29) is 5.91 Å². The monoisotopic (exact) mass is 376 g/mol. The van der Waals surface area contributed by atoms with E-state index in [0.29, 0.717) is 16.5 Å². The highest BCUT2D eigenvalue weighted by molar-refractivity contribution is 14.1. The standard InChI is InChI=1S/C13H17IN2OS/c14-10-5-9(6-11(15)7-10)13(17)16-8-12-3-1-2-4-18-12/h5-7,12H,1-4,8,15H2,(H,16,17). The highest BCUT2D eigenvalue weighted by Crippen LogP contribution is 2.24. The molecule has 0 saturated carbocycles. The van der Waals surface area contributed by atoms with E-state index in [0.717, 1.165) is 10.1 Å². The summed E-state index contributed by atoms with van der Waals surface area (Å²) in [5.74, 6) is 1.20. The van der Waals surface area contributed by atoms with Crippen molar-refractivity contribution in [1.29, 1.82) is 0 Å². The second-order valence-electron chi connectivity index (χ2n) is 4.47. The van der Waals surface area contributed by atoms with Crippen LogP contribution in [0.25, 0.3) is 0 Å². The van der Waals surface area contributed by atoms with Crippen LogP contribution in [0.15, 0.2) is 18.2 Å². The van der Waals surface area contributed by atoms with Crippen molar-refractivity contribution in [2.75, 3.05) is 18.0 Å². The number of anilines is 1. The summed E-state index contributed by atoms with van der Waals surface area (Å²) in [5.41, 5.74) is 7.04. The number of amides is 1. The van der Waals surface area contributed by atoms with Crippen LogP contribution < -0.4 is 11.1 Å². The van der Waals surface area contributed by atoms with Crippen LogP contribution in [0.5, 0.6) is 0 Å². The molecule has 0 bridgehead atoms. The Hall–Kier alpha value is -0.430. The van der Waals surface area contributed by atoms with E-state index in [9.17, 15) is 4.79 Å². The van der Waals surface area contributed by atoms with Gasteiger partial charge in [0.15, 0.2) is 0 Å². The molecule has 98 valence electrons. The van der Waals surface area contributed by atoms with E-state index in [1.807, 2.05) is 23.9 Å². The molecule has 1 fully saturated rings. The normalized spacial score (nSPS) is 19.5. The molecule has 0 spiro atoms. The zero-order chi connectivity index (χ0) is 13.0. The molecule has 1 aliphatic rings. The molecule has 1 unspecified atom stereocenters. The SMILES string of the molecule is Nc1cc(I)cc(C(=O)NCC2CCCCS2)c1. The van der Waals surface area contributed by atoms with Crippen LogP contribution in [-0.2, 0) is 0 Å². The number of rotatable bonds is 3. The second kappa shape index (κ2) is 6.65. The Morgan fingerprint density at radius 2 is 2.28 bits per heavy atom. The molecule has 1 aromatic carbocycles. The molecule has 2 rings (SSSR count). The molecule has 0 radical (unpaired) electrons. The predicted molar refractivity (Wildman–Crippen MR) is 86.0 cm³/mol. The van der Waals surface area contributed by atoms with Crippen molar-refractivity contribution in [3.63, 3.8) is 0 Å². The molecule has 1 aliphatic heterocycles. The third-order valence-corrected chi connectivity index (χ3v) is 4.97. The Morgan fingerprint density at radius 1 is 1.44 bits per heavy atom. The molecule has 5 heteroatoms. The molecule has 1 saturated heterocycles. The van der Waals surface area contributed by atoms with E-state index < -0.39 is 0 Å². The van der Waals surface area contributed by atoms with Gasteiger partial charge < -0.3 is 11.1 Å². The fourth-order valence-corrected chi connectivity index (χ4v) is 3.95. The van der Waals surface area contributed by atoms with Crippen LogP contribution in [0.3, 0.4) is 0 Å². The molecule has 0 aliphatic carbocycles. The first-order valence-electron chi connectivity index (χ1n) is 6.11. The van der Waals surface area contributed by atoms with Crippen molar-refractivity contribution in [2.45, 2.75) is 24.5 Å². The first kappa shape index (κ1) is 14.0. The first-order valence-corrected chi connectivity index (χ1v) is 8.24. The molecular formula is C13H17IN2OS. The number of benzene rings is 1. The second-order valence-corrected chi connectivity index (χ2v) is 7.13. The van der Waals surface area contributed by atoms with E-state index >= 15 is 0 Å². The maximum absolute atomic E-state index is 12.0. The van der Waals surface area contributed by atoms with Gasteiger partial charge in [0, 0.05) is 26.6 Å². The van der Waals surface area contributed by atoms with Gasteiger partial charge in [0.05, 0.1) is 0 Å². The quantitative estimate of drug-likeness (QED) is 0.630. The lowest BCUT2D eigenvalue weighted by molar-refractivity contribution is 0.0953. The summed E-state index contributed by atoms with van der Waals surface area (Å²) >= 11 is 4.14. The number of carbonyl (C=O) groups excluding carboxylic acids is 1. The van der Waals surface area contributed by atoms with Gasteiger partial charge in [-0.2, -0.15) is 11.8 Å². The zero-order valence-corrected chi connectivity index (χ0v) is 13.1. The number of hydrogen-bond acceptors (Lipinski definition) is 3. The van der Waals surface area contributed by atoms with E-state index in [1.54, 1.807) is 6.07 Å². The molecule has 1 amide bonds. The Bertz CT molecular complexity index is 413. The fraction of sp³-hybridized carbons (Fsp3) is 0.462. The molecule has 1 heterocycles. The topological polar surface area (TPSA) is 55.1 Å². The van der Waals surface area contributed by atoms with Gasteiger partial charge >= 0.3 is 0 Å². The largest absolute Gasteiger partial charge is 0.399 e. The van der Waals surface area contributed by atoms with Crippen LogP contribution in [-0.4, -0.2) is 23.5 Å². The van der Waals surface area contributed by atoms with Crippen molar-refractivity contribution in [3.05, 3.63) is 27.3 Å². The van der Waals surface area contributed by atoms with Gasteiger partial charge in [0.2, 0.25) is 0 Å². The van der Waals surface area contributed by atoms with Crippen molar-refractivity contribution < 1.29 is 4.79 Å². The third kappa shape index (κ3) is 4.05. The van der Waals surface area contributed by atoms with Crippen LogP contribution in [0.2, 0.25) is 0 Å². The Kier molecular flexibility index (Phi) is 5.17. The van der Waals surface area contributed by atoms with Crippen LogP contribution in [0.1, 0.15) is 29.6 Å². The van der Waals surface area contributed by atoms with Crippen molar-refractivity contribution in [2.24, 2.45) is 0 Å². The summed E-state index contributed by atoms with van der Waals surface area (Å²) in [5, 5.41) is 3.58. The molecule has 3 nitrogen and oxygen atoms in total. The van der Waals surface area contributed by atoms with Gasteiger partial charge in [-0.05, 0) is 59.4 Å². The lowest BCUT2D eigenvalue weighted by atomic mass is 10.1. The number of halogens is 1. The van der Waals surface area contributed by atoms with Gasteiger partial charge in [0.1, 0.15) is 0 Å². The number of carbonyl (C=O) groups is 1. The van der Waals surface area contributed by atoms with Gasteiger partial charge in [-0.15, -0.1) is 0 Å². The molecule has 3 N–H and O–H groups in total. The summed E-state index contributed by atoms with van der Waals surface area (Å²) in [7, 11) is 0. The summed E-state index contributed by atoms with van der Waals surface area (Å²) in [6.45, 7) is 0.759. The highest BCUT2D eigenvalue weighted by Gasteiger charge is 2.15. The summed E-state index contributed by atoms with van der Waals surface area (Å²) in [6, 6.07) is 5.44. The number of hydrogen-bond donors (Lipinski definition) is 2. The zero-order valence-electron chi connectivity index (χ0n) is 10.1. The van der Waals surface area contributed by atoms with Gasteiger partial charge in [-0.25, -0.2) is 0 Å². The molecule has 1 aromatic rings. The Morgan fingerprint density at radius 3 is 2.94 bits per heavy atom. The van der Waals surface area contributed by atoms with E-state index in [4.69, 9.17) is 5.73 Å². The van der Waals surface area contributed by atoms with E-state index in [2.05, 4.69) is 27.9 Å². The summed E-state index contributed by atoms with van der Waals surface area (Å²) in [4.78, 5) is 12.0. The van der Waals surface area contributed by atoms with Crippen molar-refractivity contribution >= 4 is 45.9 Å².